The molecule has 2 aromatic heterocycles. The van der Waals surface area contributed by atoms with Crippen LogP contribution in [0.2, 0.25) is 0 Å². The topological polar surface area (TPSA) is 67.4 Å². The van der Waals surface area contributed by atoms with Crippen LogP contribution in [-0.2, 0) is 16.1 Å². The van der Waals surface area contributed by atoms with E-state index in [0.29, 0.717) is 12.3 Å². The fourth-order valence-electron chi connectivity index (χ4n) is 2.30. The third kappa shape index (κ3) is 5.17. The van der Waals surface area contributed by atoms with Gasteiger partial charge in [-0.3, -0.25) is 4.79 Å². The number of anilines is 1. The number of nitrogens with one attached hydrogen (secondary N) is 1. The van der Waals surface area contributed by atoms with Gasteiger partial charge < -0.3 is 15.0 Å². The Hall–Kier alpha value is -1.16. The maximum absolute atomic E-state index is 12.2. The van der Waals surface area contributed by atoms with Gasteiger partial charge in [0.25, 0.3) is 0 Å². The lowest BCUT2D eigenvalue weighted by Gasteiger charge is -2.15. The van der Waals surface area contributed by atoms with Crippen molar-refractivity contribution in [3.8, 4) is 0 Å². The molecule has 6 nitrogen and oxygen atoms in total. The number of aromatic nitrogens is 2. The normalized spacial score (nSPS) is 17.1. The summed E-state index contributed by atoms with van der Waals surface area (Å²) in [4.78, 5) is 15.1. The van der Waals surface area contributed by atoms with Crippen molar-refractivity contribution in [3.05, 3.63) is 22.4 Å². The zero-order valence-electron chi connectivity index (χ0n) is 13.4. The fourth-order valence-corrected chi connectivity index (χ4v) is 4.76. The van der Waals surface area contributed by atoms with Crippen LogP contribution >= 0.6 is 34.4 Å². The summed E-state index contributed by atoms with van der Waals surface area (Å²) < 4.78 is 6.38. The predicted molar refractivity (Wildman–Crippen MR) is 98.9 cm³/mol. The van der Waals surface area contributed by atoms with Crippen LogP contribution < -0.4 is 5.32 Å². The van der Waals surface area contributed by atoms with Gasteiger partial charge in [-0.2, -0.15) is 0 Å². The van der Waals surface area contributed by atoms with Crippen LogP contribution in [-0.4, -0.2) is 53.1 Å². The second-order valence-corrected chi connectivity index (χ2v) is 8.74. The summed E-state index contributed by atoms with van der Waals surface area (Å²) >= 11 is 4.58. The van der Waals surface area contributed by atoms with E-state index in [1.54, 1.807) is 16.2 Å². The molecule has 1 unspecified atom stereocenters. The molecule has 1 amide bonds. The number of carbonyl (C=O) groups is 1. The van der Waals surface area contributed by atoms with Crippen LogP contribution in [0.15, 0.2) is 21.9 Å². The molecule has 0 bridgehead atoms. The zero-order chi connectivity index (χ0) is 16.8. The summed E-state index contributed by atoms with van der Waals surface area (Å²) in [5, 5.41) is 14.3. The molecule has 2 aromatic rings. The van der Waals surface area contributed by atoms with Gasteiger partial charge in [0, 0.05) is 25.1 Å². The van der Waals surface area contributed by atoms with Crippen LogP contribution in [0.25, 0.3) is 0 Å². The SMILES string of the molecule is CN(Cc1cccs1)C(=O)CSc1nnc(NCC2CCCO2)s1. The van der Waals surface area contributed by atoms with E-state index in [2.05, 4.69) is 15.5 Å². The Morgan fingerprint density at radius 2 is 2.46 bits per heavy atom. The van der Waals surface area contributed by atoms with E-state index in [0.717, 1.165) is 35.5 Å². The molecule has 1 fully saturated rings. The quantitative estimate of drug-likeness (QED) is 0.706. The lowest BCUT2D eigenvalue weighted by atomic mass is 10.2. The Bertz CT molecular complexity index is 641. The van der Waals surface area contributed by atoms with E-state index in [1.807, 2.05) is 24.6 Å². The average Bonchev–Trinajstić information content (AvgIpc) is 3.32. The molecule has 3 heterocycles. The smallest absolute Gasteiger partial charge is 0.233 e. The lowest BCUT2D eigenvalue weighted by Crippen LogP contribution is -2.27. The zero-order valence-corrected chi connectivity index (χ0v) is 15.9. The average molecular weight is 385 g/mol. The van der Waals surface area contributed by atoms with Crippen LogP contribution in [0.1, 0.15) is 17.7 Å². The van der Waals surface area contributed by atoms with Crippen molar-refractivity contribution >= 4 is 45.5 Å². The Labute approximate surface area is 153 Å². The molecule has 0 aromatic carbocycles. The third-order valence-corrected chi connectivity index (χ3v) is 6.49. The molecule has 0 radical (unpaired) electrons. The summed E-state index contributed by atoms with van der Waals surface area (Å²) in [5.41, 5.74) is 0. The highest BCUT2D eigenvalue weighted by Crippen LogP contribution is 2.26. The summed E-state index contributed by atoms with van der Waals surface area (Å²) in [5.74, 6) is 0.472. The fraction of sp³-hybridized carbons (Fsp3) is 0.533. The number of amides is 1. The number of rotatable bonds is 8. The standard InChI is InChI=1S/C15H20N4O2S3/c1-19(9-12-5-3-7-22-12)13(20)10-23-15-18-17-14(24-15)16-8-11-4-2-6-21-11/h3,5,7,11H,2,4,6,8-10H2,1H3,(H,16,17). The highest BCUT2D eigenvalue weighted by Gasteiger charge is 2.16. The summed E-state index contributed by atoms with van der Waals surface area (Å²) in [6.45, 7) is 2.27. The van der Waals surface area contributed by atoms with Crippen molar-refractivity contribution in [2.45, 2.75) is 29.8 Å². The summed E-state index contributed by atoms with van der Waals surface area (Å²) in [6, 6.07) is 4.04. The van der Waals surface area contributed by atoms with Gasteiger partial charge >= 0.3 is 0 Å². The third-order valence-electron chi connectivity index (χ3n) is 3.63. The number of hydrogen-bond acceptors (Lipinski definition) is 8. The van der Waals surface area contributed by atoms with Crippen LogP contribution in [0.3, 0.4) is 0 Å². The molecule has 3 rings (SSSR count). The molecule has 1 saturated heterocycles. The van der Waals surface area contributed by atoms with E-state index < -0.39 is 0 Å². The van der Waals surface area contributed by atoms with Gasteiger partial charge in [0.2, 0.25) is 11.0 Å². The first-order valence-corrected chi connectivity index (χ1v) is 10.5. The Morgan fingerprint density at radius 3 is 3.21 bits per heavy atom. The highest BCUT2D eigenvalue weighted by atomic mass is 32.2. The van der Waals surface area contributed by atoms with Crippen molar-refractivity contribution in [2.24, 2.45) is 0 Å². The van der Waals surface area contributed by atoms with Gasteiger partial charge in [0.15, 0.2) is 4.34 Å². The minimum Gasteiger partial charge on any atom is -0.376 e. The van der Waals surface area contributed by atoms with Crippen LogP contribution in [0.5, 0.6) is 0 Å². The van der Waals surface area contributed by atoms with Crippen LogP contribution in [0.4, 0.5) is 5.13 Å². The summed E-state index contributed by atoms with van der Waals surface area (Å²) in [6.07, 6.45) is 2.50. The largest absolute Gasteiger partial charge is 0.376 e. The van der Waals surface area contributed by atoms with Crippen molar-refractivity contribution < 1.29 is 9.53 Å². The highest BCUT2D eigenvalue weighted by molar-refractivity contribution is 8.01. The van der Waals surface area contributed by atoms with Crippen molar-refractivity contribution in [1.29, 1.82) is 0 Å². The van der Waals surface area contributed by atoms with E-state index >= 15 is 0 Å². The maximum atomic E-state index is 12.2. The van der Waals surface area contributed by atoms with Gasteiger partial charge in [0.05, 0.1) is 18.4 Å². The molecule has 1 atom stereocenters. The van der Waals surface area contributed by atoms with E-state index in [1.165, 1.54) is 28.0 Å². The Morgan fingerprint density at radius 1 is 1.54 bits per heavy atom. The van der Waals surface area contributed by atoms with Gasteiger partial charge in [0.1, 0.15) is 0 Å². The molecule has 0 spiro atoms. The van der Waals surface area contributed by atoms with Gasteiger partial charge in [-0.25, -0.2) is 0 Å². The maximum Gasteiger partial charge on any atom is 0.233 e. The number of carbonyl (C=O) groups excluding carboxylic acids is 1. The second-order valence-electron chi connectivity index (χ2n) is 5.51. The van der Waals surface area contributed by atoms with Gasteiger partial charge in [-0.1, -0.05) is 29.2 Å². The predicted octanol–water partition coefficient (Wildman–Crippen LogP) is 2.94. The molecule has 1 aliphatic heterocycles. The number of hydrogen-bond donors (Lipinski definition) is 1. The first-order valence-electron chi connectivity index (χ1n) is 7.79. The first-order chi connectivity index (χ1) is 11.7. The number of thioether (sulfide) groups is 1. The number of nitrogens with zero attached hydrogens (tertiary/aromatic N) is 3. The monoisotopic (exact) mass is 384 g/mol. The van der Waals surface area contributed by atoms with Gasteiger partial charge in [-0.05, 0) is 24.3 Å². The van der Waals surface area contributed by atoms with Gasteiger partial charge in [-0.15, -0.1) is 21.5 Å². The van der Waals surface area contributed by atoms with Crippen molar-refractivity contribution in [2.75, 3.05) is 31.3 Å². The molecule has 1 N–H and O–H groups in total. The minimum absolute atomic E-state index is 0.0949. The first kappa shape index (κ1) is 17.7. The van der Waals surface area contributed by atoms with E-state index in [9.17, 15) is 4.79 Å². The van der Waals surface area contributed by atoms with Crippen LogP contribution in [0, 0.1) is 0 Å². The second kappa shape index (κ2) is 8.80. The molecule has 130 valence electrons. The Kier molecular flexibility index (Phi) is 6.47. The lowest BCUT2D eigenvalue weighted by molar-refractivity contribution is -0.127. The molecular formula is C15H20N4O2S3. The van der Waals surface area contributed by atoms with E-state index in [-0.39, 0.29) is 12.0 Å². The van der Waals surface area contributed by atoms with E-state index in [4.69, 9.17) is 4.74 Å². The number of thiophene rings is 1. The minimum atomic E-state index is 0.0949. The molecular weight excluding hydrogens is 364 g/mol. The number of ether oxygens (including phenoxy) is 1. The Balaban J connectivity index is 1.40. The molecule has 1 aliphatic rings. The molecule has 24 heavy (non-hydrogen) atoms. The van der Waals surface area contributed by atoms with Crippen molar-refractivity contribution in [3.63, 3.8) is 0 Å². The molecule has 9 heteroatoms. The molecule has 0 saturated carbocycles. The van der Waals surface area contributed by atoms with Crippen molar-refractivity contribution in [1.82, 2.24) is 15.1 Å². The summed E-state index contributed by atoms with van der Waals surface area (Å²) in [7, 11) is 1.83. The molecule has 0 aliphatic carbocycles.